The van der Waals surface area contributed by atoms with Crippen LogP contribution in [0.2, 0.25) is 0 Å². The molecule has 5 heteroatoms. The molecule has 0 saturated carbocycles. The number of carbonyl (C=O) groups is 2. The summed E-state index contributed by atoms with van der Waals surface area (Å²) in [6.07, 6.45) is 5.07. The lowest BCUT2D eigenvalue weighted by Crippen LogP contribution is -2.17. The first-order valence-corrected chi connectivity index (χ1v) is 5.75. The molecule has 1 rings (SSSR count). The van der Waals surface area contributed by atoms with E-state index in [4.69, 9.17) is 4.74 Å². The Labute approximate surface area is 111 Å². The monoisotopic (exact) mass is 261 g/mol. The van der Waals surface area contributed by atoms with Crippen LogP contribution in [-0.2, 0) is 9.47 Å². The third-order valence-corrected chi connectivity index (χ3v) is 1.95. The summed E-state index contributed by atoms with van der Waals surface area (Å²) in [5, 5.41) is 2.37. The molecule has 0 heterocycles. The van der Waals surface area contributed by atoms with Gasteiger partial charge >= 0.3 is 12.1 Å². The normalized spacial score (nSPS) is 10.6. The Balaban J connectivity index is 2.29. The van der Waals surface area contributed by atoms with E-state index in [1.54, 1.807) is 31.2 Å². The molecule has 0 aliphatic carbocycles. The van der Waals surface area contributed by atoms with E-state index in [0.717, 1.165) is 0 Å². The maximum atomic E-state index is 11.5. The number of hydrogen-bond acceptors (Lipinski definition) is 4. The zero-order chi connectivity index (χ0) is 13.9. The molecule has 1 aromatic carbocycles. The quantitative estimate of drug-likeness (QED) is 0.502. The first-order valence-electron chi connectivity index (χ1n) is 5.75. The van der Waals surface area contributed by atoms with Gasteiger partial charge in [-0.3, -0.25) is 5.32 Å². The Kier molecular flexibility index (Phi) is 6.50. The van der Waals surface area contributed by atoms with Crippen molar-refractivity contribution >= 4 is 12.1 Å². The molecule has 0 spiro atoms. The minimum absolute atomic E-state index is 0.310. The van der Waals surface area contributed by atoms with Crippen molar-refractivity contribution in [1.29, 1.82) is 0 Å². The van der Waals surface area contributed by atoms with Gasteiger partial charge in [-0.2, -0.15) is 0 Å². The third kappa shape index (κ3) is 6.07. The molecular weight excluding hydrogens is 246 g/mol. The minimum Gasteiger partial charge on any atom is -0.450 e. The molecular formula is C14H15NO4. The van der Waals surface area contributed by atoms with Crippen LogP contribution in [0.4, 0.5) is 4.79 Å². The molecule has 19 heavy (non-hydrogen) atoms. The highest BCUT2D eigenvalue weighted by Gasteiger charge is 2.02. The SMILES string of the molecule is CCOC(=O)NC=CC=COC(=O)c1ccccc1. The number of ether oxygens (including phenoxy) is 2. The Morgan fingerprint density at radius 3 is 2.63 bits per heavy atom. The first kappa shape index (κ1) is 14.5. The molecule has 0 atom stereocenters. The number of rotatable bonds is 5. The highest BCUT2D eigenvalue weighted by atomic mass is 16.5. The van der Waals surface area contributed by atoms with Crippen LogP contribution < -0.4 is 5.32 Å². The van der Waals surface area contributed by atoms with Crippen LogP contribution in [0, 0.1) is 0 Å². The molecule has 1 amide bonds. The third-order valence-electron chi connectivity index (χ3n) is 1.95. The molecule has 0 aromatic heterocycles. The van der Waals surface area contributed by atoms with E-state index >= 15 is 0 Å². The maximum Gasteiger partial charge on any atom is 0.411 e. The maximum absolute atomic E-state index is 11.5. The van der Waals surface area contributed by atoms with Crippen LogP contribution >= 0.6 is 0 Å². The summed E-state index contributed by atoms with van der Waals surface area (Å²) in [5.74, 6) is -0.441. The Hall–Kier alpha value is -2.56. The van der Waals surface area contributed by atoms with Crippen molar-refractivity contribution in [2.24, 2.45) is 0 Å². The fourth-order valence-electron chi connectivity index (χ4n) is 1.13. The fraction of sp³-hybridized carbons (Fsp3) is 0.143. The summed E-state index contributed by atoms with van der Waals surface area (Å²) in [6.45, 7) is 2.02. The summed E-state index contributed by atoms with van der Waals surface area (Å²) in [7, 11) is 0. The second-order valence-corrected chi connectivity index (χ2v) is 3.32. The topological polar surface area (TPSA) is 64.6 Å². The zero-order valence-electron chi connectivity index (χ0n) is 10.5. The van der Waals surface area contributed by atoms with Crippen LogP contribution in [0.15, 0.2) is 54.9 Å². The van der Waals surface area contributed by atoms with E-state index in [0.29, 0.717) is 12.2 Å². The summed E-state index contributed by atoms with van der Waals surface area (Å²) in [5.41, 5.74) is 0.473. The lowest BCUT2D eigenvalue weighted by atomic mass is 10.2. The van der Waals surface area contributed by atoms with Crippen molar-refractivity contribution in [3.63, 3.8) is 0 Å². The summed E-state index contributed by atoms with van der Waals surface area (Å²) >= 11 is 0. The molecule has 100 valence electrons. The number of alkyl carbamates (subject to hydrolysis) is 1. The van der Waals surface area contributed by atoms with Gasteiger partial charge in [0.25, 0.3) is 0 Å². The molecule has 0 fully saturated rings. The molecule has 0 aliphatic rings. The number of nitrogens with one attached hydrogen (secondary N) is 1. The Morgan fingerprint density at radius 2 is 1.95 bits per heavy atom. The molecule has 0 aliphatic heterocycles. The number of carbonyl (C=O) groups excluding carboxylic acids is 2. The number of amides is 1. The van der Waals surface area contributed by atoms with Gasteiger partial charge in [0.15, 0.2) is 0 Å². The van der Waals surface area contributed by atoms with Gasteiger partial charge in [0.1, 0.15) is 0 Å². The zero-order valence-corrected chi connectivity index (χ0v) is 10.5. The fourth-order valence-corrected chi connectivity index (χ4v) is 1.13. The van der Waals surface area contributed by atoms with E-state index in [2.05, 4.69) is 10.1 Å². The van der Waals surface area contributed by atoms with E-state index in [-0.39, 0.29) is 0 Å². The van der Waals surface area contributed by atoms with Crippen molar-refractivity contribution in [2.75, 3.05) is 6.61 Å². The number of esters is 1. The van der Waals surface area contributed by atoms with Gasteiger partial charge in [-0.25, -0.2) is 9.59 Å². The number of benzene rings is 1. The van der Waals surface area contributed by atoms with Crippen LogP contribution in [0.5, 0.6) is 0 Å². The number of allylic oxidation sites excluding steroid dienone is 2. The largest absolute Gasteiger partial charge is 0.450 e. The van der Waals surface area contributed by atoms with Gasteiger partial charge < -0.3 is 9.47 Å². The van der Waals surface area contributed by atoms with E-state index in [1.807, 2.05) is 6.07 Å². The average molecular weight is 261 g/mol. The van der Waals surface area contributed by atoms with Crippen molar-refractivity contribution in [3.05, 3.63) is 60.5 Å². The van der Waals surface area contributed by atoms with E-state index in [1.165, 1.54) is 24.6 Å². The van der Waals surface area contributed by atoms with Gasteiger partial charge in [-0.1, -0.05) is 18.2 Å². The van der Waals surface area contributed by atoms with Crippen LogP contribution in [0.1, 0.15) is 17.3 Å². The van der Waals surface area contributed by atoms with Crippen LogP contribution in [0.25, 0.3) is 0 Å². The summed E-state index contributed by atoms with van der Waals surface area (Å²) in [4.78, 5) is 22.4. The molecule has 1 aromatic rings. The first-order chi connectivity index (χ1) is 9.24. The molecule has 0 radical (unpaired) electrons. The molecule has 0 bridgehead atoms. The highest BCUT2D eigenvalue weighted by molar-refractivity contribution is 5.89. The van der Waals surface area contributed by atoms with Gasteiger partial charge in [0, 0.05) is 6.20 Å². The molecule has 1 N–H and O–H groups in total. The van der Waals surface area contributed by atoms with E-state index < -0.39 is 12.1 Å². The minimum atomic E-state index is -0.534. The molecule has 0 saturated heterocycles. The number of hydrogen-bond donors (Lipinski definition) is 1. The predicted molar refractivity (Wildman–Crippen MR) is 70.3 cm³/mol. The molecule has 0 unspecified atom stereocenters. The van der Waals surface area contributed by atoms with Crippen molar-refractivity contribution in [2.45, 2.75) is 6.92 Å². The summed E-state index contributed by atoms with van der Waals surface area (Å²) in [6, 6.07) is 8.64. The standard InChI is InChI=1S/C14H15NO4/c1-2-18-14(17)15-10-6-7-11-19-13(16)12-8-4-3-5-9-12/h3-11H,2H2,1H3,(H,15,17). The van der Waals surface area contributed by atoms with Crippen molar-refractivity contribution < 1.29 is 19.1 Å². The van der Waals surface area contributed by atoms with Gasteiger partial charge in [-0.15, -0.1) is 0 Å². The lowest BCUT2D eigenvalue weighted by Gasteiger charge is -1.98. The van der Waals surface area contributed by atoms with Gasteiger partial charge in [0.2, 0.25) is 0 Å². The lowest BCUT2D eigenvalue weighted by molar-refractivity contribution is 0.0663. The second-order valence-electron chi connectivity index (χ2n) is 3.32. The Morgan fingerprint density at radius 1 is 1.21 bits per heavy atom. The smallest absolute Gasteiger partial charge is 0.411 e. The molecule has 5 nitrogen and oxygen atoms in total. The highest BCUT2D eigenvalue weighted by Crippen LogP contribution is 2.00. The van der Waals surface area contributed by atoms with Crippen LogP contribution in [-0.4, -0.2) is 18.7 Å². The van der Waals surface area contributed by atoms with Crippen molar-refractivity contribution in [3.8, 4) is 0 Å². The Bertz CT molecular complexity index is 466. The van der Waals surface area contributed by atoms with Gasteiger partial charge in [-0.05, 0) is 31.2 Å². The van der Waals surface area contributed by atoms with Gasteiger partial charge in [0.05, 0.1) is 18.4 Å². The van der Waals surface area contributed by atoms with E-state index in [9.17, 15) is 9.59 Å². The second kappa shape index (κ2) is 8.52. The van der Waals surface area contributed by atoms with Crippen LogP contribution in [0.3, 0.4) is 0 Å². The average Bonchev–Trinajstić information content (AvgIpc) is 2.43. The van der Waals surface area contributed by atoms with Crippen molar-refractivity contribution in [1.82, 2.24) is 5.32 Å². The summed E-state index contributed by atoms with van der Waals surface area (Å²) < 4.78 is 9.50. The predicted octanol–water partition coefficient (Wildman–Crippen LogP) is 2.62.